The van der Waals surface area contributed by atoms with Crippen LogP contribution in [0, 0.1) is 5.92 Å². The van der Waals surface area contributed by atoms with Crippen molar-refractivity contribution < 1.29 is 4.79 Å². The Kier molecular flexibility index (Phi) is 4.76. The molecule has 2 rings (SSSR count). The van der Waals surface area contributed by atoms with Gasteiger partial charge in [-0.1, -0.05) is 6.07 Å². The maximum absolute atomic E-state index is 11.6. The Labute approximate surface area is 106 Å². The lowest BCUT2D eigenvalue weighted by Crippen LogP contribution is -2.37. The summed E-state index contributed by atoms with van der Waals surface area (Å²) in [6.07, 6.45) is 5.90. The molecule has 1 aliphatic heterocycles. The number of rotatable bonds is 4. The highest BCUT2D eigenvalue weighted by atomic mass is 32.1. The fourth-order valence-corrected chi connectivity index (χ4v) is 2.56. The van der Waals surface area contributed by atoms with Gasteiger partial charge in [0.25, 0.3) is 0 Å². The Hall–Kier alpha value is -1.13. The van der Waals surface area contributed by atoms with Crippen LogP contribution < -0.4 is 10.6 Å². The lowest BCUT2D eigenvalue weighted by Gasteiger charge is -2.22. The second-order valence-corrected chi connectivity index (χ2v) is 5.29. The number of hydrogen-bond acceptors (Lipinski definition) is 3. The van der Waals surface area contributed by atoms with E-state index < -0.39 is 0 Å². The number of nitrogens with one attached hydrogen (secondary N) is 2. The third-order valence-electron chi connectivity index (χ3n) is 2.91. The van der Waals surface area contributed by atoms with Gasteiger partial charge in [-0.25, -0.2) is 0 Å². The molecule has 0 aliphatic carbocycles. The van der Waals surface area contributed by atoms with Crippen molar-refractivity contribution >= 4 is 23.3 Å². The van der Waals surface area contributed by atoms with Crippen LogP contribution in [0.5, 0.6) is 0 Å². The predicted molar refractivity (Wildman–Crippen MR) is 72.0 cm³/mol. The molecule has 1 aromatic rings. The minimum absolute atomic E-state index is 0.00368. The van der Waals surface area contributed by atoms with E-state index in [1.165, 1.54) is 12.8 Å². The highest BCUT2D eigenvalue weighted by molar-refractivity contribution is 7.10. The highest BCUT2D eigenvalue weighted by Gasteiger charge is 2.12. The van der Waals surface area contributed by atoms with Crippen molar-refractivity contribution in [3.63, 3.8) is 0 Å². The summed E-state index contributed by atoms with van der Waals surface area (Å²) in [4.78, 5) is 12.7. The molecule has 1 amide bonds. The summed E-state index contributed by atoms with van der Waals surface area (Å²) in [7, 11) is 0. The maximum Gasteiger partial charge on any atom is 0.244 e. The molecular weight excluding hydrogens is 232 g/mol. The van der Waals surface area contributed by atoms with Crippen LogP contribution in [0.4, 0.5) is 0 Å². The first-order valence-electron chi connectivity index (χ1n) is 6.05. The quantitative estimate of drug-likeness (QED) is 0.801. The van der Waals surface area contributed by atoms with Gasteiger partial charge < -0.3 is 10.6 Å². The summed E-state index contributed by atoms with van der Waals surface area (Å²) < 4.78 is 0. The summed E-state index contributed by atoms with van der Waals surface area (Å²) in [5.74, 6) is 0.590. The van der Waals surface area contributed by atoms with Crippen molar-refractivity contribution in [3.8, 4) is 0 Å². The molecule has 1 saturated heterocycles. The van der Waals surface area contributed by atoms with E-state index in [1.807, 2.05) is 23.6 Å². The van der Waals surface area contributed by atoms with E-state index in [-0.39, 0.29) is 5.91 Å². The van der Waals surface area contributed by atoms with Crippen molar-refractivity contribution in [3.05, 3.63) is 28.5 Å². The molecule has 17 heavy (non-hydrogen) atoms. The van der Waals surface area contributed by atoms with Gasteiger partial charge in [0, 0.05) is 17.5 Å². The van der Waals surface area contributed by atoms with Crippen molar-refractivity contribution in [1.29, 1.82) is 0 Å². The molecule has 1 unspecified atom stereocenters. The summed E-state index contributed by atoms with van der Waals surface area (Å²) in [5, 5.41) is 8.30. The largest absolute Gasteiger partial charge is 0.352 e. The lowest BCUT2D eigenvalue weighted by atomic mass is 10.00. The smallest absolute Gasteiger partial charge is 0.244 e. The Morgan fingerprint density at radius 2 is 2.59 bits per heavy atom. The molecule has 0 bridgehead atoms. The molecule has 1 aliphatic rings. The van der Waals surface area contributed by atoms with Gasteiger partial charge in [-0.15, -0.1) is 11.3 Å². The first-order valence-corrected chi connectivity index (χ1v) is 6.93. The fourth-order valence-electron chi connectivity index (χ4n) is 1.95. The molecule has 92 valence electrons. The van der Waals surface area contributed by atoms with Crippen LogP contribution >= 0.6 is 11.3 Å². The molecule has 1 aromatic heterocycles. The molecular formula is C13H18N2OS. The highest BCUT2D eigenvalue weighted by Crippen LogP contribution is 2.10. The zero-order chi connectivity index (χ0) is 11.9. The average molecular weight is 250 g/mol. The first-order chi connectivity index (χ1) is 8.34. The molecule has 0 spiro atoms. The summed E-state index contributed by atoms with van der Waals surface area (Å²) in [5.41, 5.74) is 0. The normalized spacial score (nSPS) is 20.6. The number of amides is 1. The van der Waals surface area contributed by atoms with Crippen molar-refractivity contribution in [2.24, 2.45) is 5.92 Å². The van der Waals surface area contributed by atoms with Crippen LogP contribution in [0.1, 0.15) is 17.7 Å². The number of hydrogen-bond donors (Lipinski definition) is 2. The summed E-state index contributed by atoms with van der Waals surface area (Å²) in [6.45, 7) is 2.91. The zero-order valence-electron chi connectivity index (χ0n) is 9.82. The van der Waals surface area contributed by atoms with Crippen LogP contribution in [-0.4, -0.2) is 25.5 Å². The Bertz CT molecular complexity index is 367. The van der Waals surface area contributed by atoms with E-state index in [2.05, 4.69) is 10.6 Å². The number of thiophene rings is 1. The minimum atomic E-state index is 0.00368. The predicted octanol–water partition coefficient (Wildman–Crippen LogP) is 1.88. The van der Waals surface area contributed by atoms with E-state index in [1.54, 1.807) is 17.4 Å². The second kappa shape index (κ2) is 6.57. The van der Waals surface area contributed by atoms with Crippen LogP contribution in [0.2, 0.25) is 0 Å². The summed E-state index contributed by atoms with van der Waals surface area (Å²) in [6, 6.07) is 3.98. The van der Waals surface area contributed by atoms with E-state index in [4.69, 9.17) is 0 Å². The van der Waals surface area contributed by atoms with Gasteiger partial charge in [-0.05, 0) is 49.4 Å². The van der Waals surface area contributed by atoms with Crippen molar-refractivity contribution in [2.75, 3.05) is 19.6 Å². The Morgan fingerprint density at radius 1 is 1.65 bits per heavy atom. The maximum atomic E-state index is 11.6. The molecule has 0 aromatic carbocycles. The monoisotopic (exact) mass is 250 g/mol. The Morgan fingerprint density at radius 3 is 3.29 bits per heavy atom. The first kappa shape index (κ1) is 12.3. The molecule has 4 heteroatoms. The molecule has 2 heterocycles. The van der Waals surface area contributed by atoms with Gasteiger partial charge in [0.2, 0.25) is 5.91 Å². The van der Waals surface area contributed by atoms with Gasteiger partial charge in [0.05, 0.1) is 0 Å². The van der Waals surface area contributed by atoms with Gasteiger partial charge >= 0.3 is 0 Å². The molecule has 1 atom stereocenters. The van der Waals surface area contributed by atoms with E-state index >= 15 is 0 Å². The molecule has 3 nitrogen and oxygen atoms in total. The lowest BCUT2D eigenvalue weighted by molar-refractivity contribution is -0.116. The van der Waals surface area contributed by atoms with Gasteiger partial charge in [-0.3, -0.25) is 4.79 Å². The minimum Gasteiger partial charge on any atom is -0.352 e. The van der Waals surface area contributed by atoms with Gasteiger partial charge in [0.15, 0.2) is 0 Å². The fraction of sp³-hybridized carbons (Fsp3) is 0.462. The van der Waals surface area contributed by atoms with E-state index in [0.717, 1.165) is 24.5 Å². The number of carbonyl (C=O) groups is 1. The van der Waals surface area contributed by atoms with Gasteiger partial charge in [-0.2, -0.15) is 0 Å². The van der Waals surface area contributed by atoms with Crippen LogP contribution in [0.25, 0.3) is 6.08 Å². The third kappa shape index (κ3) is 4.32. The SMILES string of the molecule is O=C(C=Cc1cccs1)NCC1CCCNC1. The van der Waals surface area contributed by atoms with Crippen molar-refractivity contribution in [2.45, 2.75) is 12.8 Å². The van der Waals surface area contributed by atoms with Crippen LogP contribution in [0.15, 0.2) is 23.6 Å². The molecule has 0 radical (unpaired) electrons. The standard InChI is InChI=1S/C13H18N2OS/c16-13(6-5-12-4-2-8-17-12)15-10-11-3-1-7-14-9-11/h2,4-6,8,11,14H,1,3,7,9-10H2,(H,15,16). The van der Waals surface area contributed by atoms with Crippen LogP contribution in [0.3, 0.4) is 0 Å². The number of piperidine rings is 1. The van der Waals surface area contributed by atoms with E-state index in [0.29, 0.717) is 5.92 Å². The zero-order valence-corrected chi connectivity index (χ0v) is 10.6. The Balaban J connectivity index is 1.70. The van der Waals surface area contributed by atoms with Gasteiger partial charge in [0.1, 0.15) is 0 Å². The molecule has 0 saturated carbocycles. The topological polar surface area (TPSA) is 41.1 Å². The summed E-state index contributed by atoms with van der Waals surface area (Å²) >= 11 is 1.63. The molecule has 1 fully saturated rings. The van der Waals surface area contributed by atoms with Crippen LogP contribution in [-0.2, 0) is 4.79 Å². The van der Waals surface area contributed by atoms with Crippen molar-refractivity contribution in [1.82, 2.24) is 10.6 Å². The molecule has 2 N–H and O–H groups in total. The van der Waals surface area contributed by atoms with E-state index in [9.17, 15) is 4.79 Å². The number of carbonyl (C=O) groups excluding carboxylic acids is 1. The average Bonchev–Trinajstić information content (AvgIpc) is 2.88. The second-order valence-electron chi connectivity index (χ2n) is 4.31. The third-order valence-corrected chi connectivity index (χ3v) is 3.74.